The van der Waals surface area contributed by atoms with Crippen LogP contribution < -0.4 is 5.32 Å². The Morgan fingerprint density at radius 3 is 2.72 bits per heavy atom. The second kappa shape index (κ2) is 8.82. The van der Waals surface area contributed by atoms with Crippen molar-refractivity contribution in [2.24, 2.45) is 0 Å². The number of aromatic nitrogens is 3. The summed E-state index contributed by atoms with van der Waals surface area (Å²) in [6, 6.07) is 0. The standard InChI is InChI=1S/C16H20N4O3S2/c1-5-7-17-15-19-20-16(25-15)24-8-11(21)12-9(3)18-10(4)13(12)14(22)23-6-2/h5,18H,1,6-8H2,2-4H3,(H,17,19). The van der Waals surface area contributed by atoms with Crippen LogP contribution in [0.4, 0.5) is 5.13 Å². The van der Waals surface area contributed by atoms with Gasteiger partial charge in [-0.05, 0) is 20.8 Å². The molecular weight excluding hydrogens is 360 g/mol. The van der Waals surface area contributed by atoms with E-state index in [2.05, 4.69) is 27.1 Å². The molecule has 2 rings (SSSR count). The molecule has 0 aliphatic rings. The number of esters is 1. The van der Waals surface area contributed by atoms with Gasteiger partial charge in [-0.2, -0.15) is 0 Å². The van der Waals surface area contributed by atoms with Crippen LogP contribution in [0.25, 0.3) is 0 Å². The number of hydrogen-bond acceptors (Lipinski definition) is 8. The molecule has 0 spiro atoms. The minimum atomic E-state index is -0.482. The average Bonchev–Trinajstić information content (AvgIpc) is 3.14. The van der Waals surface area contributed by atoms with Crippen LogP contribution in [0, 0.1) is 13.8 Å². The Morgan fingerprint density at radius 1 is 1.32 bits per heavy atom. The van der Waals surface area contributed by atoms with Crippen LogP contribution in [-0.2, 0) is 4.74 Å². The molecule has 0 aromatic carbocycles. The zero-order chi connectivity index (χ0) is 18.4. The fourth-order valence-corrected chi connectivity index (χ4v) is 3.92. The lowest BCUT2D eigenvalue weighted by atomic mass is 10.1. The second-order valence-electron chi connectivity index (χ2n) is 5.10. The monoisotopic (exact) mass is 380 g/mol. The molecule has 0 amide bonds. The fourth-order valence-electron chi connectivity index (χ4n) is 2.29. The van der Waals surface area contributed by atoms with Crippen LogP contribution in [0.2, 0.25) is 0 Å². The number of nitrogens with zero attached hydrogens (tertiary/aromatic N) is 2. The lowest BCUT2D eigenvalue weighted by Crippen LogP contribution is -2.13. The van der Waals surface area contributed by atoms with Gasteiger partial charge in [0.25, 0.3) is 0 Å². The average molecular weight is 380 g/mol. The molecule has 0 aliphatic heterocycles. The number of aromatic amines is 1. The van der Waals surface area contributed by atoms with Gasteiger partial charge in [-0.1, -0.05) is 29.2 Å². The molecule has 9 heteroatoms. The molecule has 134 valence electrons. The molecule has 2 heterocycles. The molecule has 0 saturated carbocycles. The topological polar surface area (TPSA) is 97.0 Å². The van der Waals surface area contributed by atoms with Crippen molar-refractivity contribution in [3.05, 3.63) is 35.2 Å². The Morgan fingerprint density at radius 2 is 2.04 bits per heavy atom. The first-order valence-corrected chi connectivity index (χ1v) is 9.48. The van der Waals surface area contributed by atoms with E-state index in [1.165, 1.54) is 23.1 Å². The predicted octanol–water partition coefficient (Wildman–Crippen LogP) is 3.23. The van der Waals surface area contributed by atoms with Gasteiger partial charge < -0.3 is 15.0 Å². The summed E-state index contributed by atoms with van der Waals surface area (Å²) < 4.78 is 5.74. The zero-order valence-electron chi connectivity index (χ0n) is 14.3. The summed E-state index contributed by atoms with van der Waals surface area (Å²) in [5, 5.41) is 11.7. The molecule has 0 bridgehead atoms. The number of thioether (sulfide) groups is 1. The third-order valence-electron chi connectivity index (χ3n) is 3.26. The number of ketones is 1. The van der Waals surface area contributed by atoms with E-state index in [4.69, 9.17) is 4.74 Å². The van der Waals surface area contributed by atoms with Gasteiger partial charge in [-0.3, -0.25) is 4.79 Å². The van der Waals surface area contributed by atoms with Gasteiger partial charge in [0.15, 0.2) is 10.1 Å². The minimum Gasteiger partial charge on any atom is -0.462 e. The summed E-state index contributed by atoms with van der Waals surface area (Å²) in [5.74, 6) is -0.462. The Kier molecular flexibility index (Phi) is 6.77. The van der Waals surface area contributed by atoms with Crippen LogP contribution in [0.5, 0.6) is 0 Å². The number of H-pyrrole nitrogens is 1. The highest BCUT2D eigenvalue weighted by Crippen LogP contribution is 2.28. The third kappa shape index (κ3) is 4.70. The molecule has 25 heavy (non-hydrogen) atoms. The maximum atomic E-state index is 12.6. The summed E-state index contributed by atoms with van der Waals surface area (Å²) >= 11 is 2.66. The molecule has 0 radical (unpaired) electrons. The number of anilines is 1. The molecule has 0 aliphatic carbocycles. The summed E-state index contributed by atoms with van der Waals surface area (Å²) in [6.07, 6.45) is 1.73. The van der Waals surface area contributed by atoms with Crippen molar-refractivity contribution in [3.8, 4) is 0 Å². The number of nitrogens with one attached hydrogen (secondary N) is 2. The maximum absolute atomic E-state index is 12.6. The van der Waals surface area contributed by atoms with Gasteiger partial charge in [0.1, 0.15) is 0 Å². The summed E-state index contributed by atoms with van der Waals surface area (Å²) in [7, 11) is 0. The summed E-state index contributed by atoms with van der Waals surface area (Å²) in [6.45, 7) is 9.75. The Balaban J connectivity index is 2.09. The van der Waals surface area contributed by atoms with E-state index in [1.807, 2.05) is 0 Å². The van der Waals surface area contributed by atoms with Gasteiger partial charge in [0, 0.05) is 17.9 Å². The number of carbonyl (C=O) groups excluding carboxylic acids is 2. The van der Waals surface area contributed by atoms with Crippen molar-refractivity contribution in [2.75, 3.05) is 24.2 Å². The smallest absolute Gasteiger partial charge is 0.340 e. The van der Waals surface area contributed by atoms with E-state index in [0.717, 1.165) is 0 Å². The Bertz CT molecular complexity index is 782. The van der Waals surface area contributed by atoms with Gasteiger partial charge in [0.05, 0.1) is 23.5 Å². The first-order valence-electron chi connectivity index (χ1n) is 7.68. The molecule has 2 aromatic rings. The first kappa shape index (κ1) is 19.2. The first-order chi connectivity index (χ1) is 12.0. The Labute approximate surface area is 154 Å². The van der Waals surface area contributed by atoms with Crippen LogP contribution in [-0.4, -0.2) is 45.8 Å². The number of ether oxygens (including phenoxy) is 1. The van der Waals surface area contributed by atoms with E-state index in [0.29, 0.717) is 38.5 Å². The minimum absolute atomic E-state index is 0.147. The van der Waals surface area contributed by atoms with Crippen molar-refractivity contribution in [1.29, 1.82) is 0 Å². The molecule has 0 atom stereocenters. The number of hydrogen-bond donors (Lipinski definition) is 2. The quantitative estimate of drug-likeness (QED) is 0.298. The summed E-state index contributed by atoms with van der Waals surface area (Å²) in [5.41, 5.74) is 2.00. The summed E-state index contributed by atoms with van der Waals surface area (Å²) in [4.78, 5) is 27.8. The van der Waals surface area contributed by atoms with Crippen molar-refractivity contribution in [3.63, 3.8) is 0 Å². The normalized spacial score (nSPS) is 10.5. The van der Waals surface area contributed by atoms with Crippen LogP contribution in [0.1, 0.15) is 39.0 Å². The highest BCUT2D eigenvalue weighted by molar-refractivity contribution is 8.01. The van der Waals surface area contributed by atoms with E-state index in [1.54, 1.807) is 26.8 Å². The van der Waals surface area contributed by atoms with Crippen LogP contribution in [0.15, 0.2) is 17.0 Å². The largest absolute Gasteiger partial charge is 0.462 e. The zero-order valence-corrected chi connectivity index (χ0v) is 16.0. The SMILES string of the molecule is C=CCNc1nnc(SCC(=O)c2c(C)[nH]c(C)c2C(=O)OCC)s1. The second-order valence-corrected chi connectivity index (χ2v) is 7.30. The molecule has 0 unspecified atom stereocenters. The molecule has 0 fully saturated rings. The van der Waals surface area contributed by atoms with Crippen molar-refractivity contribution in [2.45, 2.75) is 25.1 Å². The molecule has 0 saturated heterocycles. The number of aryl methyl sites for hydroxylation is 2. The highest BCUT2D eigenvalue weighted by Gasteiger charge is 2.25. The molecule has 2 N–H and O–H groups in total. The Hall–Kier alpha value is -2.13. The van der Waals surface area contributed by atoms with Crippen LogP contribution >= 0.6 is 23.1 Å². The van der Waals surface area contributed by atoms with Crippen molar-refractivity contribution < 1.29 is 14.3 Å². The van der Waals surface area contributed by atoms with Crippen molar-refractivity contribution in [1.82, 2.24) is 15.2 Å². The lowest BCUT2D eigenvalue weighted by molar-refractivity contribution is 0.0522. The molecule has 2 aromatic heterocycles. The number of Topliss-reactive ketones (excluding diaryl/α,β-unsaturated/α-hetero) is 1. The van der Waals surface area contributed by atoms with E-state index in [-0.39, 0.29) is 18.1 Å². The van der Waals surface area contributed by atoms with Gasteiger partial charge >= 0.3 is 5.97 Å². The predicted molar refractivity (Wildman–Crippen MR) is 99.9 cm³/mol. The third-order valence-corrected chi connectivity index (χ3v) is 5.28. The number of carbonyl (C=O) groups is 2. The fraction of sp³-hybridized carbons (Fsp3) is 0.375. The van der Waals surface area contributed by atoms with E-state index >= 15 is 0 Å². The lowest BCUT2D eigenvalue weighted by Gasteiger charge is -2.05. The maximum Gasteiger partial charge on any atom is 0.340 e. The van der Waals surface area contributed by atoms with Crippen molar-refractivity contribution >= 4 is 40.0 Å². The molecule has 7 nitrogen and oxygen atoms in total. The van der Waals surface area contributed by atoms with Gasteiger partial charge in [0.2, 0.25) is 5.13 Å². The van der Waals surface area contributed by atoms with Gasteiger partial charge in [-0.15, -0.1) is 16.8 Å². The van der Waals surface area contributed by atoms with E-state index in [9.17, 15) is 9.59 Å². The van der Waals surface area contributed by atoms with Gasteiger partial charge in [-0.25, -0.2) is 4.79 Å². The molecular formula is C16H20N4O3S2. The van der Waals surface area contributed by atoms with E-state index < -0.39 is 5.97 Å². The number of rotatable bonds is 9. The van der Waals surface area contributed by atoms with Crippen LogP contribution in [0.3, 0.4) is 0 Å². The highest BCUT2D eigenvalue weighted by atomic mass is 32.2.